The Morgan fingerprint density at radius 3 is 2.57 bits per heavy atom. The molecule has 2 atom stereocenters. The van der Waals surface area contributed by atoms with Crippen LogP contribution in [0.1, 0.15) is 36.0 Å². The van der Waals surface area contributed by atoms with Crippen LogP contribution in [0.5, 0.6) is 0 Å². The second-order valence-electron chi connectivity index (χ2n) is 5.64. The Bertz CT molecular complexity index is 626. The van der Waals surface area contributed by atoms with Crippen LogP contribution in [0.3, 0.4) is 0 Å². The number of nitrogens with zero attached hydrogens (tertiary/aromatic N) is 1. The first-order valence-corrected chi connectivity index (χ1v) is 8.95. The van der Waals surface area contributed by atoms with Crippen LogP contribution in [-0.4, -0.2) is 49.8 Å². The van der Waals surface area contributed by atoms with Crippen LogP contribution >= 0.6 is 0 Å². The Morgan fingerprint density at radius 1 is 1.29 bits per heavy atom. The zero-order valence-electron chi connectivity index (χ0n) is 12.3. The Kier molecular flexibility index (Phi) is 4.68. The van der Waals surface area contributed by atoms with E-state index >= 15 is 0 Å². The molecule has 2 unspecified atom stereocenters. The van der Waals surface area contributed by atoms with E-state index in [9.17, 15) is 18.3 Å². The number of amides is 1. The summed E-state index contributed by atoms with van der Waals surface area (Å²) in [5.74, 6) is -0.258. The van der Waals surface area contributed by atoms with Crippen molar-refractivity contribution in [3.63, 3.8) is 0 Å². The fourth-order valence-electron chi connectivity index (χ4n) is 2.76. The quantitative estimate of drug-likeness (QED) is 0.917. The number of aliphatic hydroxyl groups excluding tert-OH is 1. The van der Waals surface area contributed by atoms with Gasteiger partial charge >= 0.3 is 0 Å². The van der Waals surface area contributed by atoms with Gasteiger partial charge in [-0.05, 0) is 31.0 Å². The van der Waals surface area contributed by atoms with Gasteiger partial charge in [0.05, 0.1) is 17.0 Å². The molecule has 1 saturated carbocycles. The van der Waals surface area contributed by atoms with Crippen LogP contribution in [0.25, 0.3) is 0 Å². The topological polar surface area (TPSA) is 74.7 Å². The van der Waals surface area contributed by atoms with Gasteiger partial charge in [-0.25, -0.2) is 8.42 Å². The maximum Gasteiger partial charge on any atom is 0.253 e. The molecule has 0 saturated heterocycles. The highest BCUT2D eigenvalue weighted by Crippen LogP contribution is 2.24. The fourth-order valence-corrected chi connectivity index (χ4v) is 3.42. The van der Waals surface area contributed by atoms with Crippen LogP contribution in [0.2, 0.25) is 0 Å². The molecule has 0 radical (unpaired) electrons. The number of rotatable bonds is 3. The molecule has 1 aromatic rings. The minimum Gasteiger partial charge on any atom is -0.391 e. The lowest BCUT2D eigenvalue weighted by atomic mass is 9.91. The van der Waals surface area contributed by atoms with Gasteiger partial charge in [0.25, 0.3) is 5.91 Å². The zero-order chi connectivity index (χ0) is 15.6. The van der Waals surface area contributed by atoms with E-state index in [4.69, 9.17) is 0 Å². The standard InChI is InChI=1S/C15H21NO4S/c1-16(13-8-3-4-9-14(13)17)15(18)11-6-5-7-12(10-11)21(2,19)20/h5-7,10,13-14,17H,3-4,8-9H2,1-2H3. The number of hydrogen-bond donors (Lipinski definition) is 1. The van der Waals surface area contributed by atoms with Gasteiger partial charge in [0.15, 0.2) is 9.84 Å². The van der Waals surface area contributed by atoms with E-state index in [-0.39, 0.29) is 16.8 Å². The second-order valence-corrected chi connectivity index (χ2v) is 7.65. The van der Waals surface area contributed by atoms with Crippen LogP contribution in [0.4, 0.5) is 0 Å². The minimum absolute atomic E-state index is 0.131. The normalized spacial score (nSPS) is 22.8. The van der Waals surface area contributed by atoms with E-state index in [2.05, 4.69) is 0 Å². The van der Waals surface area contributed by atoms with Crippen LogP contribution in [0, 0.1) is 0 Å². The molecule has 0 aromatic heterocycles. The molecule has 1 aromatic carbocycles. The van der Waals surface area contributed by atoms with Crippen molar-refractivity contribution >= 4 is 15.7 Å². The molecule has 116 valence electrons. The molecule has 0 bridgehead atoms. The summed E-state index contributed by atoms with van der Waals surface area (Å²) in [6.45, 7) is 0. The van der Waals surface area contributed by atoms with Crippen molar-refractivity contribution in [3.8, 4) is 0 Å². The van der Waals surface area contributed by atoms with Crippen molar-refractivity contribution in [2.75, 3.05) is 13.3 Å². The Morgan fingerprint density at radius 2 is 1.95 bits per heavy atom. The van der Waals surface area contributed by atoms with Crippen molar-refractivity contribution in [1.29, 1.82) is 0 Å². The van der Waals surface area contributed by atoms with E-state index in [0.717, 1.165) is 25.5 Å². The molecule has 6 heteroatoms. The molecule has 1 aliphatic carbocycles. The van der Waals surface area contributed by atoms with Crippen molar-refractivity contribution < 1.29 is 18.3 Å². The summed E-state index contributed by atoms with van der Waals surface area (Å²) in [5, 5.41) is 10.0. The first kappa shape index (κ1) is 16.0. The van der Waals surface area contributed by atoms with Gasteiger partial charge < -0.3 is 10.0 Å². The van der Waals surface area contributed by atoms with Gasteiger partial charge in [0.1, 0.15) is 0 Å². The molecule has 1 amide bonds. The third-order valence-corrected chi connectivity index (χ3v) is 5.13. The van der Waals surface area contributed by atoms with Crippen molar-refractivity contribution in [2.24, 2.45) is 0 Å². The first-order valence-electron chi connectivity index (χ1n) is 7.06. The zero-order valence-corrected chi connectivity index (χ0v) is 13.1. The van der Waals surface area contributed by atoms with Crippen LogP contribution in [0.15, 0.2) is 29.2 Å². The SMILES string of the molecule is CN(C(=O)c1cccc(S(C)(=O)=O)c1)C1CCCCC1O. The second kappa shape index (κ2) is 6.15. The van der Waals surface area contributed by atoms with Gasteiger partial charge in [-0.3, -0.25) is 4.79 Å². The Balaban J connectivity index is 2.23. The van der Waals surface area contributed by atoms with E-state index in [1.807, 2.05) is 0 Å². The summed E-state index contributed by atoms with van der Waals surface area (Å²) in [6.07, 6.45) is 4.05. The van der Waals surface area contributed by atoms with E-state index in [1.165, 1.54) is 17.0 Å². The number of carbonyl (C=O) groups excluding carboxylic acids is 1. The summed E-state index contributed by atoms with van der Waals surface area (Å²) >= 11 is 0. The smallest absolute Gasteiger partial charge is 0.253 e. The first-order chi connectivity index (χ1) is 9.80. The summed E-state index contributed by atoms with van der Waals surface area (Å²) in [5.41, 5.74) is 0.332. The Hall–Kier alpha value is -1.40. The summed E-state index contributed by atoms with van der Waals surface area (Å²) in [6, 6.07) is 5.83. The molecular formula is C15H21NO4S. The van der Waals surface area contributed by atoms with E-state index < -0.39 is 15.9 Å². The predicted molar refractivity (Wildman–Crippen MR) is 79.9 cm³/mol. The van der Waals surface area contributed by atoms with Gasteiger partial charge in [0.2, 0.25) is 0 Å². The molecule has 1 aliphatic rings. The highest BCUT2D eigenvalue weighted by molar-refractivity contribution is 7.90. The molecule has 21 heavy (non-hydrogen) atoms. The number of likely N-dealkylation sites (N-methyl/N-ethyl adjacent to an activating group) is 1. The van der Waals surface area contributed by atoms with Gasteiger partial charge in [-0.1, -0.05) is 18.9 Å². The van der Waals surface area contributed by atoms with Crippen molar-refractivity contribution in [2.45, 2.75) is 42.7 Å². The number of carbonyl (C=O) groups is 1. The molecule has 5 nitrogen and oxygen atoms in total. The van der Waals surface area contributed by atoms with Crippen LogP contribution in [-0.2, 0) is 9.84 Å². The average molecular weight is 311 g/mol. The molecule has 0 heterocycles. The summed E-state index contributed by atoms with van der Waals surface area (Å²) in [7, 11) is -1.68. The lowest BCUT2D eigenvalue weighted by molar-refractivity contribution is 0.0268. The number of sulfone groups is 1. The van der Waals surface area contributed by atoms with Gasteiger partial charge in [0, 0.05) is 18.9 Å². The molecule has 1 N–H and O–H groups in total. The third-order valence-electron chi connectivity index (χ3n) is 4.02. The van der Waals surface area contributed by atoms with Crippen LogP contribution < -0.4 is 0 Å². The lowest BCUT2D eigenvalue weighted by Crippen LogP contribution is -2.46. The number of hydrogen-bond acceptors (Lipinski definition) is 4. The average Bonchev–Trinajstić information content (AvgIpc) is 2.45. The molecule has 2 rings (SSSR count). The summed E-state index contributed by atoms with van der Waals surface area (Å²) < 4.78 is 23.1. The molecule has 0 spiro atoms. The highest BCUT2D eigenvalue weighted by Gasteiger charge is 2.30. The largest absolute Gasteiger partial charge is 0.391 e. The van der Waals surface area contributed by atoms with E-state index in [1.54, 1.807) is 19.2 Å². The maximum atomic E-state index is 12.5. The monoisotopic (exact) mass is 311 g/mol. The molecular weight excluding hydrogens is 290 g/mol. The van der Waals surface area contributed by atoms with Gasteiger partial charge in [-0.15, -0.1) is 0 Å². The van der Waals surface area contributed by atoms with Gasteiger partial charge in [-0.2, -0.15) is 0 Å². The lowest BCUT2D eigenvalue weighted by Gasteiger charge is -2.35. The molecule has 0 aliphatic heterocycles. The number of aliphatic hydroxyl groups is 1. The fraction of sp³-hybridized carbons (Fsp3) is 0.533. The van der Waals surface area contributed by atoms with Crippen molar-refractivity contribution in [1.82, 2.24) is 4.90 Å². The van der Waals surface area contributed by atoms with E-state index in [0.29, 0.717) is 12.0 Å². The maximum absolute atomic E-state index is 12.5. The minimum atomic E-state index is -3.34. The third kappa shape index (κ3) is 3.63. The number of benzene rings is 1. The molecule has 1 fully saturated rings. The summed E-state index contributed by atoms with van der Waals surface area (Å²) in [4.78, 5) is 14.2. The highest BCUT2D eigenvalue weighted by atomic mass is 32.2. The predicted octanol–water partition coefficient (Wildman–Crippen LogP) is 1.47. The van der Waals surface area contributed by atoms with Crippen molar-refractivity contribution in [3.05, 3.63) is 29.8 Å². The Labute approximate surface area is 125 Å².